The lowest BCUT2D eigenvalue weighted by Gasteiger charge is -2.21. The second kappa shape index (κ2) is 8.47. The number of nitrogens with zero attached hydrogens (tertiary/aromatic N) is 3. The molecule has 0 aliphatic carbocycles. The number of esters is 1. The molecule has 0 spiro atoms. The van der Waals surface area contributed by atoms with Crippen molar-refractivity contribution in [1.82, 2.24) is 14.5 Å². The first-order chi connectivity index (χ1) is 13.5. The topological polar surface area (TPSA) is 81.5 Å². The molecule has 0 radical (unpaired) electrons. The Morgan fingerprint density at radius 1 is 1.11 bits per heavy atom. The summed E-state index contributed by atoms with van der Waals surface area (Å²) in [6.45, 7) is 1.62. The van der Waals surface area contributed by atoms with Crippen molar-refractivity contribution in [2.24, 2.45) is 0 Å². The van der Waals surface area contributed by atoms with Gasteiger partial charge in [0, 0.05) is 13.6 Å². The molecule has 0 aliphatic heterocycles. The Balaban J connectivity index is 1.62. The van der Waals surface area contributed by atoms with Gasteiger partial charge >= 0.3 is 5.97 Å². The van der Waals surface area contributed by atoms with Crippen molar-refractivity contribution in [1.29, 1.82) is 0 Å². The van der Waals surface area contributed by atoms with Crippen molar-refractivity contribution in [3.8, 4) is 0 Å². The van der Waals surface area contributed by atoms with Gasteiger partial charge in [-0.25, -0.2) is 4.98 Å². The molecule has 3 rings (SSSR count). The molecule has 7 nitrogen and oxygen atoms in total. The Labute approximate surface area is 162 Å². The van der Waals surface area contributed by atoms with Gasteiger partial charge in [-0.1, -0.05) is 42.5 Å². The molecule has 2 aromatic carbocycles. The molecule has 0 aliphatic rings. The largest absolute Gasteiger partial charge is 0.451 e. The Kier molecular flexibility index (Phi) is 5.84. The van der Waals surface area contributed by atoms with Crippen LogP contribution in [-0.2, 0) is 27.4 Å². The molecule has 0 saturated heterocycles. The third-order valence-electron chi connectivity index (χ3n) is 4.33. The minimum atomic E-state index is -0.953. The van der Waals surface area contributed by atoms with Gasteiger partial charge in [-0.3, -0.25) is 19.0 Å². The molecule has 3 aromatic rings. The predicted octanol–water partition coefficient (Wildman–Crippen LogP) is 1.99. The van der Waals surface area contributed by atoms with Crippen molar-refractivity contribution in [3.63, 3.8) is 0 Å². The molecule has 1 aromatic heterocycles. The Hall–Kier alpha value is -3.48. The standard InChI is InChI=1S/C21H21N3O4/c1-15(20(26)23(2)12-16-8-4-3-5-9-16)28-19(25)13-24-14-22-18-11-7-6-10-17(18)21(24)27/h3-11,14-15H,12-13H2,1-2H3/t15-/m1/s1. The minimum Gasteiger partial charge on any atom is -0.451 e. The summed E-state index contributed by atoms with van der Waals surface area (Å²) >= 11 is 0. The van der Waals surface area contributed by atoms with Gasteiger partial charge in [-0.2, -0.15) is 0 Å². The highest BCUT2D eigenvalue weighted by Gasteiger charge is 2.22. The SMILES string of the molecule is C[C@@H](OC(=O)Cn1cnc2ccccc2c1=O)C(=O)N(C)Cc1ccccc1. The summed E-state index contributed by atoms with van der Waals surface area (Å²) in [6, 6.07) is 16.4. The first kappa shape index (κ1) is 19.3. The van der Waals surface area contributed by atoms with E-state index >= 15 is 0 Å². The van der Waals surface area contributed by atoms with Crippen molar-refractivity contribution in [3.05, 3.63) is 76.8 Å². The number of hydrogen-bond donors (Lipinski definition) is 0. The number of benzene rings is 2. The van der Waals surface area contributed by atoms with Crippen LogP contribution in [0.2, 0.25) is 0 Å². The minimum absolute atomic E-state index is 0.309. The molecule has 144 valence electrons. The van der Waals surface area contributed by atoms with Crippen molar-refractivity contribution in [2.45, 2.75) is 26.1 Å². The van der Waals surface area contributed by atoms with Gasteiger partial charge in [0.05, 0.1) is 17.2 Å². The smallest absolute Gasteiger partial charge is 0.326 e. The van der Waals surface area contributed by atoms with E-state index < -0.39 is 12.1 Å². The molecule has 1 heterocycles. The third-order valence-corrected chi connectivity index (χ3v) is 4.33. The summed E-state index contributed by atoms with van der Waals surface area (Å²) in [5.74, 6) is -0.991. The molecule has 0 saturated carbocycles. The van der Waals surface area contributed by atoms with E-state index in [2.05, 4.69) is 4.98 Å². The number of aromatic nitrogens is 2. The van der Waals surface area contributed by atoms with Crippen LogP contribution in [0.5, 0.6) is 0 Å². The number of hydrogen-bond acceptors (Lipinski definition) is 5. The van der Waals surface area contributed by atoms with Crippen LogP contribution in [0.1, 0.15) is 12.5 Å². The molecule has 7 heteroatoms. The van der Waals surface area contributed by atoms with E-state index in [0.29, 0.717) is 17.4 Å². The maximum atomic E-state index is 12.4. The van der Waals surface area contributed by atoms with Crippen LogP contribution in [-0.4, -0.2) is 39.5 Å². The number of ether oxygens (including phenoxy) is 1. The number of amides is 1. The average Bonchev–Trinajstić information content (AvgIpc) is 2.70. The van der Waals surface area contributed by atoms with Gasteiger partial charge in [0.25, 0.3) is 11.5 Å². The zero-order valence-corrected chi connectivity index (χ0v) is 15.7. The predicted molar refractivity (Wildman–Crippen MR) is 104 cm³/mol. The van der Waals surface area contributed by atoms with Gasteiger partial charge < -0.3 is 9.64 Å². The summed E-state index contributed by atoms with van der Waals surface area (Å²) in [5, 5.41) is 0.421. The molecule has 0 unspecified atom stereocenters. The molecular weight excluding hydrogens is 358 g/mol. The van der Waals surface area contributed by atoms with E-state index in [1.54, 1.807) is 31.3 Å². The third kappa shape index (κ3) is 4.43. The van der Waals surface area contributed by atoms with E-state index in [1.807, 2.05) is 30.3 Å². The lowest BCUT2D eigenvalue weighted by molar-refractivity contribution is -0.159. The molecule has 0 N–H and O–H groups in total. The Morgan fingerprint density at radius 2 is 1.79 bits per heavy atom. The fourth-order valence-corrected chi connectivity index (χ4v) is 2.89. The van der Waals surface area contributed by atoms with Gasteiger partial charge in [-0.05, 0) is 24.6 Å². The van der Waals surface area contributed by atoms with E-state index in [4.69, 9.17) is 4.74 Å². The summed E-state index contributed by atoms with van der Waals surface area (Å²) < 4.78 is 6.40. The normalized spacial score (nSPS) is 11.8. The summed E-state index contributed by atoms with van der Waals surface area (Å²) in [5.41, 5.74) is 1.21. The fourth-order valence-electron chi connectivity index (χ4n) is 2.89. The molecule has 0 fully saturated rings. The zero-order chi connectivity index (χ0) is 20.1. The highest BCUT2D eigenvalue weighted by molar-refractivity contribution is 5.83. The van der Waals surface area contributed by atoms with Crippen LogP contribution < -0.4 is 5.56 Å². The van der Waals surface area contributed by atoms with Crippen LogP contribution >= 0.6 is 0 Å². The van der Waals surface area contributed by atoms with Crippen LogP contribution in [0.25, 0.3) is 10.9 Å². The van der Waals surface area contributed by atoms with E-state index in [-0.39, 0.29) is 18.0 Å². The summed E-state index contributed by atoms with van der Waals surface area (Å²) in [6.07, 6.45) is 0.352. The number of carbonyl (C=O) groups excluding carboxylic acids is 2. The number of rotatable bonds is 6. The number of likely N-dealkylation sites (N-methyl/N-ethyl adjacent to an activating group) is 1. The van der Waals surface area contributed by atoms with E-state index in [0.717, 1.165) is 5.56 Å². The highest BCUT2D eigenvalue weighted by atomic mass is 16.5. The lowest BCUT2D eigenvalue weighted by Crippen LogP contribution is -2.38. The first-order valence-electron chi connectivity index (χ1n) is 8.88. The van der Waals surface area contributed by atoms with Crippen molar-refractivity contribution >= 4 is 22.8 Å². The molecule has 1 atom stereocenters. The maximum Gasteiger partial charge on any atom is 0.326 e. The fraction of sp³-hybridized carbons (Fsp3) is 0.238. The van der Waals surface area contributed by atoms with Gasteiger partial charge in [0.15, 0.2) is 6.10 Å². The maximum absolute atomic E-state index is 12.4. The number of para-hydroxylation sites is 1. The van der Waals surface area contributed by atoms with Crippen LogP contribution in [0.15, 0.2) is 65.7 Å². The highest BCUT2D eigenvalue weighted by Crippen LogP contribution is 2.07. The summed E-state index contributed by atoms with van der Waals surface area (Å²) in [7, 11) is 1.65. The Bertz CT molecular complexity index is 1050. The van der Waals surface area contributed by atoms with Gasteiger partial charge in [-0.15, -0.1) is 0 Å². The second-order valence-corrected chi connectivity index (χ2v) is 6.51. The molecule has 28 heavy (non-hydrogen) atoms. The molecule has 0 bridgehead atoms. The van der Waals surface area contributed by atoms with E-state index in [1.165, 1.54) is 22.7 Å². The van der Waals surface area contributed by atoms with Crippen LogP contribution in [0, 0.1) is 0 Å². The quantitative estimate of drug-likeness (QED) is 0.612. The molecule has 1 amide bonds. The Morgan fingerprint density at radius 3 is 2.54 bits per heavy atom. The van der Waals surface area contributed by atoms with Crippen molar-refractivity contribution in [2.75, 3.05) is 7.05 Å². The lowest BCUT2D eigenvalue weighted by atomic mass is 10.2. The first-order valence-corrected chi connectivity index (χ1v) is 8.88. The van der Waals surface area contributed by atoms with Crippen molar-refractivity contribution < 1.29 is 14.3 Å². The zero-order valence-electron chi connectivity index (χ0n) is 15.7. The monoisotopic (exact) mass is 379 g/mol. The van der Waals surface area contributed by atoms with Crippen LogP contribution in [0.4, 0.5) is 0 Å². The average molecular weight is 379 g/mol. The summed E-state index contributed by atoms with van der Waals surface area (Å²) in [4.78, 5) is 42.8. The van der Waals surface area contributed by atoms with Gasteiger partial charge in [0.2, 0.25) is 0 Å². The number of carbonyl (C=O) groups is 2. The van der Waals surface area contributed by atoms with Gasteiger partial charge in [0.1, 0.15) is 6.54 Å². The second-order valence-electron chi connectivity index (χ2n) is 6.51. The number of fused-ring (bicyclic) bond motifs is 1. The molecular formula is C21H21N3O4. The van der Waals surface area contributed by atoms with E-state index in [9.17, 15) is 14.4 Å². The van der Waals surface area contributed by atoms with Crippen LogP contribution in [0.3, 0.4) is 0 Å².